The van der Waals surface area contributed by atoms with E-state index < -0.39 is 0 Å². The van der Waals surface area contributed by atoms with Crippen molar-refractivity contribution in [3.63, 3.8) is 0 Å². The third-order valence-corrected chi connectivity index (χ3v) is 6.75. The average molecular weight is 450 g/mol. The van der Waals surface area contributed by atoms with E-state index >= 15 is 0 Å². The van der Waals surface area contributed by atoms with E-state index in [1.54, 1.807) is 0 Å². The van der Waals surface area contributed by atoms with E-state index in [2.05, 4.69) is 77.6 Å². The molecule has 5 rings (SSSR count). The quantitative estimate of drug-likeness (QED) is 0.298. The van der Waals surface area contributed by atoms with Crippen molar-refractivity contribution in [1.29, 1.82) is 0 Å². The van der Waals surface area contributed by atoms with Crippen LogP contribution < -0.4 is 5.32 Å². The van der Waals surface area contributed by atoms with Crippen LogP contribution in [0.4, 0.5) is 5.69 Å². The Balaban J connectivity index is 1.40. The minimum Gasteiger partial charge on any atom is -0.355 e. The number of nitrogens with zero attached hydrogens (tertiary/aromatic N) is 1. The lowest BCUT2D eigenvalue weighted by molar-refractivity contribution is -0.110. The van der Waals surface area contributed by atoms with Gasteiger partial charge in [0.1, 0.15) is 0 Å². The first-order valence-electron chi connectivity index (χ1n) is 12.2. The minimum atomic E-state index is -0.0593. The highest BCUT2D eigenvalue weighted by molar-refractivity contribution is 6.35. The van der Waals surface area contributed by atoms with Crippen LogP contribution >= 0.6 is 0 Å². The summed E-state index contributed by atoms with van der Waals surface area (Å²) in [6.07, 6.45) is 4.21. The van der Waals surface area contributed by atoms with Crippen LogP contribution in [0.1, 0.15) is 37.1 Å². The van der Waals surface area contributed by atoms with E-state index in [0.29, 0.717) is 5.57 Å². The summed E-state index contributed by atoms with van der Waals surface area (Å²) >= 11 is 0. The molecule has 1 amide bonds. The number of hydrogen-bond acceptors (Lipinski definition) is 2. The average Bonchev–Trinajstić information content (AvgIpc) is 3.41. The summed E-state index contributed by atoms with van der Waals surface area (Å²) in [5.74, 6) is -0.0593. The monoisotopic (exact) mass is 449 g/mol. The molecule has 1 aromatic heterocycles. The maximum Gasteiger partial charge on any atom is 0.256 e. The Bertz CT molecular complexity index is 1350. The van der Waals surface area contributed by atoms with Gasteiger partial charge < -0.3 is 15.2 Å². The number of H-pyrrole nitrogens is 1. The fraction of sp³-hybridized carbons (Fsp3) is 0.233. The molecule has 4 nitrogen and oxygen atoms in total. The largest absolute Gasteiger partial charge is 0.355 e. The molecule has 0 saturated heterocycles. The van der Waals surface area contributed by atoms with Gasteiger partial charge in [-0.1, -0.05) is 56.3 Å². The van der Waals surface area contributed by atoms with E-state index in [4.69, 9.17) is 0 Å². The summed E-state index contributed by atoms with van der Waals surface area (Å²) in [6, 6.07) is 25.2. The minimum absolute atomic E-state index is 0.0593. The summed E-state index contributed by atoms with van der Waals surface area (Å²) in [6.45, 7) is 7.78. The first kappa shape index (κ1) is 22.2. The number of nitrogens with one attached hydrogen (secondary N) is 2. The van der Waals surface area contributed by atoms with Crippen LogP contribution in [0.25, 0.3) is 33.7 Å². The molecule has 0 bridgehead atoms. The number of carbonyl (C=O) groups is 1. The lowest BCUT2D eigenvalue weighted by Crippen LogP contribution is -2.24. The maximum absolute atomic E-state index is 12.8. The second-order valence-electron chi connectivity index (χ2n) is 8.92. The van der Waals surface area contributed by atoms with Gasteiger partial charge in [-0.15, -0.1) is 0 Å². The van der Waals surface area contributed by atoms with Crippen molar-refractivity contribution in [1.82, 2.24) is 9.88 Å². The summed E-state index contributed by atoms with van der Waals surface area (Å²) in [5.41, 5.74) is 8.14. The van der Waals surface area contributed by atoms with E-state index in [-0.39, 0.29) is 5.91 Å². The van der Waals surface area contributed by atoms with Crippen LogP contribution in [-0.4, -0.2) is 35.4 Å². The number of fused-ring (bicyclic) bond motifs is 2. The number of aromatic nitrogens is 1. The first-order valence-corrected chi connectivity index (χ1v) is 12.2. The van der Waals surface area contributed by atoms with Crippen molar-refractivity contribution in [3.8, 4) is 11.1 Å². The smallest absolute Gasteiger partial charge is 0.256 e. The van der Waals surface area contributed by atoms with Gasteiger partial charge in [0.05, 0.1) is 5.57 Å². The molecular formula is C30H31N3O. The Kier molecular flexibility index (Phi) is 6.33. The van der Waals surface area contributed by atoms with Gasteiger partial charge in [-0.2, -0.15) is 0 Å². The van der Waals surface area contributed by atoms with Crippen LogP contribution in [0.3, 0.4) is 0 Å². The zero-order valence-electron chi connectivity index (χ0n) is 19.9. The molecule has 0 fully saturated rings. The van der Waals surface area contributed by atoms with Gasteiger partial charge in [0.2, 0.25) is 0 Å². The zero-order chi connectivity index (χ0) is 23.5. The molecule has 3 aromatic carbocycles. The van der Waals surface area contributed by atoms with Gasteiger partial charge in [0.25, 0.3) is 5.91 Å². The van der Waals surface area contributed by atoms with Crippen LogP contribution in [0.15, 0.2) is 72.8 Å². The third-order valence-electron chi connectivity index (χ3n) is 6.75. The molecule has 4 heteroatoms. The molecule has 4 aromatic rings. The lowest BCUT2D eigenvalue weighted by atomic mass is 9.99. The number of aromatic amines is 1. The molecule has 2 heterocycles. The Hall–Kier alpha value is -3.63. The molecule has 0 atom stereocenters. The van der Waals surface area contributed by atoms with Gasteiger partial charge in [0.15, 0.2) is 0 Å². The molecule has 1 aliphatic heterocycles. The lowest BCUT2D eigenvalue weighted by Gasteiger charge is -2.17. The normalized spacial score (nSPS) is 14.2. The summed E-state index contributed by atoms with van der Waals surface area (Å²) in [4.78, 5) is 18.7. The number of rotatable bonds is 8. The molecule has 0 spiro atoms. The van der Waals surface area contributed by atoms with Gasteiger partial charge >= 0.3 is 0 Å². The van der Waals surface area contributed by atoms with Gasteiger partial charge in [-0.25, -0.2) is 0 Å². The highest BCUT2D eigenvalue weighted by atomic mass is 16.2. The number of aryl methyl sites for hydroxylation is 1. The van der Waals surface area contributed by atoms with Crippen molar-refractivity contribution in [2.24, 2.45) is 0 Å². The maximum atomic E-state index is 12.8. The number of hydrogen-bond donors (Lipinski definition) is 2. The summed E-state index contributed by atoms with van der Waals surface area (Å²) in [5, 5.41) is 4.19. The standard InChI is InChI=1S/C30H31N3O/c1-3-33(4-2)16-8-9-21-12-14-28-24(17-21)18-25(31-28)20-27-26-19-23(22-10-6-5-7-11-22)13-15-29(26)32-30(27)34/h5-7,10-15,17-20,31H,3-4,8-9,16H2,1-2H3,(H,32,34). The van der Waals surface area contributed by atoms with Crippen LogP contribution in [0.2, 0.25) is 0 Å². The molecule has 172 valence electrons. The van der Waals surface area contributed by atoms with Crippen molar-refractivity contribution in [2.45, 2.75) is 26.7 Å². The van der Waals surface area contributed by atoms with Gasteiger partial charge in [-0.3, -0.25) is 4.79 Å². The number of amides is 1. The first-order chi connectivity index (χ1) is 16.6. The van der Waals surface area contributed by atoms with E-state index in [1.165, 1.54) is 10.9 Å². The predicted molar refractivity (Wildman–Crippen MR) is 143 cm³/mol. The molecular weight excluding hydrogens is 418 g/mol. The molecule has 0 saturated carbocycles. The molecule has 0 aliphatic carbocycles. The molecule has 34 heavy (non-hydrogen) atoms. The topological polar surface area (TPSA) is 48.1 Å². The number of carbonyl (C=O) groups excluding carboxylic acids is 1. The zero-order valence-corrected chi connectivity index (χ0v) is 19.9. The highest BCUT2D eigenvalue weighted by Crippen LogP contribution is 2.36. The van der Waals surface area contributed by atoms with E-state index in [1.807, 2.05) is 30.3 Å². The number of benzene rings is 3. The molecule has 2 N–H and O–H groups in total. The van der Waals surface area contributed by atoms with Crippen LogP contribution in [0.5, 0.6) is 0 Å². The van der Waals surface area contributed by atoms with Crippen LogP contribution in [-0.2, 0) is 11.2 Å². The molecule has 0 radical (unpaired) electrons. The predicted octanol–water partition coefficient (Wildman–Crippen LogP) is 6.60. The molecule has 1 aliphatic rings. The van der Waals surface area contributed by atoms with E-state index in [0.717, 1.165) is 66.1 Å². The van der Waals surface area contributed by atoms with Crippen molar-refractivity contribution in [2.75, 3.05) is 25.0 Å². The third kappa shape index (κ3) is 4.55. The van der Waals surface area contributed by atoms with Gasteiger partial charge in [-0.05, 0) is 85.6 Å². The van der Waals surface area contributed by atoms with Crippen molar-refractivity contribution >= 4 is 34.1 Å². The van der Waals surface area contributed by atoms with Crippen LogP contribution in [0, 0.1) is 0 Å². The summed E-state index contributed by atoms with van der Waals surface area (Å²) in [7, 11) is 0. The number of anilines is 1. The fourth-order valence-electron chi connectivity index (χ4n) is 4.78. The van der Waals surface area contributed by atoms with Crippen molar-refractivity contribution in [3.05, 3.63) is 89.6 Å². The SMILES string of the molecule is CCN(CC)CCCc1ccc2[nH]c(C=C3C(=O)Nc4ccc(-c5ccccc5)cc43)cc2c1. The molecule has 0 unspecified atom stereocenters. The second-order valence-corrected chi connectivity index (χ2v) is 8.92. The Labute approximate surface area is 201 Å². The Morgan fingerprint density at radius 2 is 1.71 bits per heavy atom. The highest BCUT2D eigenvalue weighted by Gasteiger charge is 2.24. The Morgan fingerprint density at radius 1 is 0.882 bits per heavy atom. The van der Waals surface area contributed by atoms with Crippen molar-refractivity contribution < 1.29 is 4.79 Å². The summed E-state index contributed by atoms with van der Waals surface area (Å²) < 4.78 is 0. The second kappa shape index (κ2) is 9.70. The fourth-order valence-corrected chi connectivity index (χ4v) is 4.78. The van der Waals surface area contributed by atoms with Gasteiger partial charge in [0, 0.05) is 27.8 Å². The Morgan fingerprint density at radius 3 is 2.50 bits per heavy atom. The van der Waals surface area contributed by atoms with E-state index in [9.17, 15) is 4.79 Å².